The molecule has 2 unspecified atom stereocenters. The van der Waals surface area contributed by atoms with Crippen LogP contribution in [0.3, 0.4) is 0 Å². The molecule has 2 aromatic heterocycles. The van der Waals surface area contributed by atoms with Crippen LogP contribution in [0.5, 0.6) is 5.88 Å². The summed E-state index contributed by atoms with van der Waals surface area (Å²) in [7, 11) is 0. The Labute approximate surface area is 181 Å². The van der Waals surface area contributed by atoms with Crippen LogP contribution in [0.2, 0.25) is 0 Å². The lowest BCUT2D eigenvalue weighted by molar-refractivity contribution is 0.0968. The van der Waals surface area contributed by atoms with E-state index in [9.17, 15) is 9.90 Å². The van der Waals surface area contributed by atoms with Gasteiger partial charge in [-0.05, 0) is 48.3 Å². The molecule has 1 saturated carbocycles. The second-order valence-corrected chi connectivity index (χ2v) is 10.2. The summed E-state index contributed by atoms with van der Waals surface area (Å²) in [6, 6.07) is 11.4. The molecule has 1 amide bonds. The van der Waals surface area contributed by atoms with Gasteiger partial charge in [-0.1, -0.05) is 39.0 Å². The number of aromatic hydroxyl groups is 1. The lowest BCUT2D eigenvalue weighted by Gasteiger charge is -2.40. The Morgan fingerprint density at radius 3 is 2.77 bits per heavy atom. The molecule has 2 atom stereocenters. The van der Waals surface area contributed by atoms with Crippen molar-refractivity contribution < 1.29 is 14.3 Å². The molecule has 7 nitrogen and oxygen atoms in total. The van der Waals surface area contributed by atoms with E-state index in [2.05, 4.69) is 35.9 Å². The number of likely N-dealkylation sites (tertiary alicyclic amines) is 1. The van der Waals surface area contributed by atoms with Crippen LogP contribution in [-0.2, 0) is 6.67 Å². The Kier molecular flexibility index (Phi) is 4.55. The van der Waals surface area contributed by atoms with Crippen LogP contribution in [0, 0.1) is 10.8 Å². The van der Waals surface area contributed by atoms with Gasteiger partial charge in [0.1, 0.15) is 0 Å². The molecule has 3 aromatic rings. The predicted molar refractivity (Wildman–Crippen MR) is 117 cm³/mol. The Morgan fingerprint density at radius 2 is 2.00 bits per heavy atom. The molecule has 1 N–H and O–H groups in total. The van der Waals surface area contributed by atoms with Gasteiger partial charge in [0.2, 0.25) is 5.88 Å². The molecule has 162 valence electrons. The van der Waals surface area contributed by atoms with E-state index in [1.807, 2.05) is 28.8 Å². The summed E-state index contributed by atoms with van der Waals surface area (Å²) in [5, 5.41) is 19.7. The van der Waals surface area contributed by atoms with Gasteiger partial charge in [-0.25, -0.2) is 0 Å². The Balaban J connectivity index is 1.48. The number of fused-ring (bicyclic) bond motifs is 3. The highest BCUT2D eigenvalue weighted by molar-refractivity contribution is 5.96. The third-order valence-corrected chi connectivity index (χ3v) is 6.74. The number of rotatable bonds is 4. The van der Waals surface area contributed by atoms with Crippen LogP contribution >= 0.6 is 0 Å². The highest BCUT2D eigenvalue weighted by atomic mass is 16.3. The first-order valence-electron chi connectivity index (χ1n) is 10.8. The van der Waals surface area contributed by atoms with Crippen LogP contribution in [-0.4, -0.2) is 33.1 Å². The number of aromatic nitrogens is 1. The van der Waals surface area contributed by atoms with Gasteiger partial charge in [-0.15, -0.1) is 10.2 Å². The maximum absolute atomic E-state index is 12.2. The number of carbonyl (C=O) groups is 1. The zero-order valence-electron chi connectivity index (χ0n) is 18.2. The van der Waals surface area contributed by atoms with Crippen molar-refractivity contribution in [2.75, 3.05) is 6.54 Å². The van der Waals surface area contributed by atoms with Crippen molar-refractivity contribution in [2.45, 2.75) is 52.7 Å². The third-order valence-electron chi connectivity index (χ3n) is 6.74. The second kappa shape index (κ2) is 7.05. The fourth-order valence-corrected chi connectivity index (χ4v) is 5.98. The molecule has 1 aromatic carbocycles. The van der Waals surface area contributed by atoms with Gasteiger partial charge in [-0.2, -0.15) is 0 Å². The number of azo groups is 1. The molecule has 2 bridgehead atoms. The molecule has 7 heteroatoms. The molecular formula is C24H28N4O3. The van der Waals surface area contributed by atoms with E-state index >= 15 is 0 Å². The van der Waals surface area contributed by atoms with Crippen LogP contribution < -0.4 is 0 Å². The zero-order chi connectivity index (χ0) is 21.8. The smallest absolute Gasteiger partial charge is 0.331 e. The molecule has 1 saturated heterocycles. The van der Waals surface area contributed by atoms with Crippen molar-refractivity contribution >= 4 is 22.5 Å². The van der Waals surface area contributed by atoms with Gasteiger partial charge < -0.3 is 9.52 Å². The molecule has 31 heavy (non-hydrogen) atoms. The molecule has 0 spiro atoms. The summed E-state index contributed by atoms with van der Waals surface area (Å²) in [4.78, 5) is 14.7. The van der Waals surface area contributed by atoms with Crippen molar-refractivity contribution in [1.29, 1.82) is 0 Å². The van der Waals surface area contributed by atoms with Gasteiger partial charge in [-0.3, -0.25) is 14.3 Å². The quantitative estimate of drug-likeness (QED) is 0.547. The minimum atomic E-state index is -0.579. The van der Waals surface area contributed by atoms with Gasteiger partial charge in [0.15, 0.2) is 11.4 Å². The summed E-state index contributed by atoms with van der Waals surface area (Å²) in [6.45, 7) is 8.70. The van der Waals surface area contributed by atoms with E-state index < -0.39 is 5.91 Å². The highest BCUT2D eigenvalue weighted by Gasteiger charge is 2.49. The van der Waals surface area contributed by atoms with Gasteiger partial charge in [0, 0.05) is 18.0 Å². The average molecular weight is 421 g/mol. The minimum Gasteiger partial charge on any atom is -0.493 e. The number of furan rings is 1. The largest absolute Gasteiger partial charge is 0.493 e. The standard InChI is InChI=1S/C24H28N4O3/c1-23(2)11-16-12-24(3,13-23)14-27(16)15-28-18-8-5-4-7-17(18)20(22(28)30)25-26-21(29)19-9-6-10-31-19/h4-10,16,30H,11-15H2,1-3H3. The fraction of sp³-hybridized carbons (Fsp3) is 0.458. The highest BCUT2D eigenvalue weighted by Crippen LogP contribution is 2.53. The van der Waals surface area contributed by atoms with E-state index in [4.69, 9.17) is 4.42 Å². The maximum Gasteiger partial charge on any atom is 0.331 e. The molecule has 3 heterocycles. The molecule has 2 aliphatic rings. The van der Waals surface area contributed by atoms with Crippen molar-refractivity contribution in [3.8, 4) is 5.88 Å². The van der Waals surface area contributed by atoms with Crippen LogP contribution in [0.25, 0.3) is 10.9 Å². The lowest BCUT2D eigenvalue weighted by Crippen LogP contribution is -2.35. The fourth-order valence-electron chi connectivity index (χ4n) is 5.98. The van der Waals surface area contributed by atoms with Crippen LogP contribution in [0.15, 0.2) is 57.3 Å². The summed E-state index contributed by atoms with van der Waals surface area (Å²) < 4.78 is 6.97. The first-order chi connectivity index (χ1) is 14.7. The minimum absolute atomic E-state index is 0.0306. The predicted octanol–water partition coefficient (Wildman–Crippen LogP) is 5.72. The van der Waals surface area contributed by atoms with E-state index in [0.717, 1.165) is 23.9 Å². The van der Waals surface area contributed by atoms with Gasteiger partial charge in [0.25, 0.3) is 0 Å². The molecule has 1 aliphatic heterocycles. The summed E-state index contributed by atoms with van der Waals surface area (Å²) >= 11 is 0. The molecule has 1 aliphatic carbocycles. The summed E-state index contributed by atoms with van der Waals surface area (Å²) in [5.74, 6) is -0.431. The Hall–Kier alpha value is -2.93. The number of benzene rings is 1. The van der Waals surface area contributed by atoms with E-state index in [0.29, 0.717) is 29.2 Å². The van der Waals surface area contributed by atoms with Crippen LogP contribution in [0.1, 0.15) is 50.6 Å². The maximum atomic E-state index is 12.2. The SMILES string of the molecule is CC1(C)CC2CC(C)(CN2Cn2c(O)c(N=NC(=O)c3ccco3)c3ccccc32)C1. The summed E-state index contributed by atoms with van der Waals surface area (Å²) in [5.41, 5.74) is 1.83. The monoisotopic (exact) mass is 420 g/mol. The van der Waals surface area contributed by atoms with Crippen molar-refractivity contribution in [3.63, 3.8) is 0 Å². The van der Waals surface area contributed by atoms with E-state index in [-0.39, 0.29) is 11.6 Å². The number of nitrogens with zero attached hydrogens (tertiary/aromatic N) is 4. The first-order valence-corrected chi connectivity index (χ1v) is 10.8. The number of hydrogen-bond donors (Lipinski definition) is 1. The summed E-state index contributed by atoms with van der Waals surface area (Å²) in [6.07, 6.45) is 4.99. The third kappa shape index (κ3) is 3.57. The topological polar surface area (TPSA) is 83.3 Å². The Morgan fingerprint density at radius 1 is 1.19 bits per heavy atom. The van der Waals surface area contributed by atoms with Crippen molar-refractivity contribution in [1.82, 2.24) is 9.47 Å². The second-order valence-electron chi connectivity index (χ2n) is 10.2. The normalized spacial score (nSPS) is 25.6. The zero-order valence-corrected chi connectivity index (χ0v) is 18.2. The lowest BCUT2D eigenvalue weighted by atomic mass is 9.65. The van der Waals surface area contributed by atoms with Gasteiger partial charge >= 0.3 is 5.91 Å². The van der Waals surface area contributed by atoms with Crippen molar-refractivity contribution in [2.24, 2.45) is 21.1 Å². The number of carbonyl (C=O) groups excluding carboxylic acids is 1. The van der Waals surface area contributed by atoms with Crippen LogP contribution in [0.4, 0.5) is 5.69 Å². The van der Waals surface area contributed by atoms with Gasteiger partial charge in [0.05, 0.1) is 18.4 Å². The molecule has 5 rings (SSSR count). The molecule has 0 radical (unpaired) electrons. The average Bonchev–Trinajstić information content (AvgIpc) is 3.37. The Bertz CT molecular complexity index is 1160. The molecule has 2 fully saturated rings. The number of amides is 1. The number of hydrogen-bond acceptors (Lipinski definition) is 5. The van der Waals surface area contributed by atoms with E-state index in [1.165, 1.54) is 25.2 Å². The van der Waals surface area contributed by atoms with Crippen molar-refractivity contribution in [3.05, 3.63) is 48.4 Å². The number of para-hydroxylation sites is 1. The first kappa shape index (κ1) is 20.0. The van der Waals surface area contributed by atoms with E-state index in [1.54, 1.807) is 6.07 Å². The molecular weight excluding hydrogens is 392 g/mol.